The predicted molar refractivity (Wildman–Crippen MR) is 104 cm³/mol. The van der Waals surface area contributed by atoms with Crippen LogP contribution in [0.1, 0.15) is 23.2 Å². The number of amides is 3. The largest absolute Gasteiger partial charge is 0.496 e. The molecule has 0 aliphatic carbocycles. The van der Waals surface area contributed by atoms with Gasteiger partial charge in [-0.25, -0.2) is 0 Å². The van der Waals surface area contributed by atoms with Crippen LogP contribution in [0.3, 0.4) is 0 Å². The third-order valence-corrected chi connectivity index (χ3v) is 4.59. The van der Waals surface area contributed by atoms with E-state index in [0.717, 1.165) is 10.8 Å². The highest BCUT2D eigenvalue weighted by atomic mass is 35.5. The Balaban J connectivity index is 0.00000261. The van der Waals surface area contributed by atoms with Gasteiger partial charge < -0.3 is 15.4 Å². The smallest absolute Gasteiger partial charge is 0.258 e. The summed E-state index contributed by atoms with van der Waals surface area (Å²) in [6.07, 6.45) is 1.23. The van der Waals surface area contributed by atoms with E-state index in [-0.39, 0.29) is 24.9 Å². The quantitative estimate of drug-likeness (QED) is 0.768. The van der Waals surface area contributed by atoms with Gasteiger partial charge in [0.1, 0.15) is 11.8 Å². The van der Waals surface area contributed by atoms with Crippen LogP contribution < -0.4 is 15.8 Å². The zero-order valence-electron chi connectivity index (χ0n) is 14.9. The molecule has 3 N–H and O–H groups in total. The molecule has 0 bridgehead atoms. The van der Waals surface area contributed by atoms with Crippen molar-refractivity contribution in [1.29, 1.82) is 0 Å². The van der Waals surface area contributed by atoms with E-state index in [2.05, 4.69) is 5.32 Å². The second kappa shape index (κ2) is 8.83. The van der Waals surface area contributed by atoms with Gasteiger partial charge in [-0.15, -0.1) is 12.4 Å². The second-order valence-electron chi connectivity index (χ2n) is 6.17. The molecule has 0 aromatic heterocycles. The van der Waals surface area contributed by atoms with E-state index in [1.807, 2.05) is 24.3 Å². The molecule has 3 rings (SSSR count). The van der Waals surface area contributed by atoms with Crippen molar-refractivity contribution in [1.82, 2.24) is 10.2 Å². The van der Waals surface area contributed by atoms with E-state index < -0.39 is 17.9 Å². The third-order valence-electron chi connectivity index (χ3n) is 4.59. The standard InChI is InChI=1S/C19H21N3O4.ClH/c1-26-16-10-13(9-12-5-2-3-6-14(12)16)18(24)21-19(25)15-7-4-8-22(15)17(23)11-20;/h2-3,5-6,9-10,15H,4,7-8,11,20H2,1H3,(H,21,24,25);1H/t15-;/m0./s1. The van der Waals surface area contributed by atoms with Crippen LogP contribution in [0.15, 0.2) is 36.4 Å². The second-order valence-corrected chi connectivity index (χ2v) is 6.17. The van der Waals surface area contributed by atoms with Crippen molar-refractivity contribution in [3.63, 3.8) is 0 Å². The number of likely N-dealkylation sites (tertiary alicyclic amines) is 1. The maximum atomic E-state index is 12.6. The van der Waals surface area contributed by atoms with Gasteiger partial charge in [-0.3, -0.25) is 19.7 Å². The Kier molecular flexibility index (Phi) is 6.76. The van der Waals surface area contributed by atoms with Crippen molar-refractivity contribution in [2.24, 2.45) is 5.73 Å². The fourth-order valence-corrected chi connectivity index (χ4v) is 3.30. The number of carbonyl (C=O) groups is 3. The number of hydrogen-bond acceptors (Lipinski definition) is 5. The van der Waals surface area contributed by atoms with Gasteiger partial charge in [-0.2, -0.15) is 0 Å². The SMILES string of the molecule is COc1cc(C(=O)NC(=O)[C@@H]2CCCN2C(=O)CN)cc2ccccc12.Cl. The predicted octanol–water partition coefficient (Wildman–Crippen LogP) is 1.48. The van der Waals surface area contributed by atoms with Crippen molar-refractivity contribution < 1.29 is 19.1 Å². The Morgan fingerprint density at radius 1 is 1.26 bits per heavy atom. The molecule has 0 saturated carbocycles. The first-order chi connectivity index (χ1) is 12.5. The van der Waals surface area contributed by atoms with Crippen LogP contribution in [0.2, 0.25) is 0 Å². The molecule has 0 spiro atoms. The minimum atomic E-state index is -0.655. The zero-order chi connectivity index (χ0) is 18.7. The minimum absolute atomic E-state index is 0. The number of ether oxygens (including phenoxy) is 1. The number of fused-ring (bicyclic) bond motifs is 1. The lowest BCUT2D eigenvalue weighted by Gasteiger charge is -2.23. The average Bonchev–Trinajstić information content (AvgIpc) is 3.16. The van der Waals surface area contributed by atoms with Gasteiger partial charge >= 0.3 is 0 Å². The van der Waals surface area contributed by atoms with E-state index in [0.29, 0.717) is 30.7 Å². The average molecular weight is 392 g/mol. The number of methoxy groups -OCH3 is 1. The van der Waals surface area contributed by atoms with Crippen LogP contribution >= 0.6 is 12.4 Å². The Bertz CT molecular complexity index is 871. The lowest BCUT2D eigenvalue weighted by Crippen LogP contribution is -2.49. The summed E-state index contributed by atoms with van der Waals surface area (Å²) in [6.45, 7) is 0.325. The molecule has 0 unspecified atom stereocenters. The molecule has 0 radical (unpaired) electrons. The maximum Gasteiger partial charge on any atom is 0.258 e. The van der Waals surface area contributed by atoms with Gasteiger partial charge in [0.25, 0.3) is 5.91 Å². The monoisotopic (exact) mass is 391 g/mol. The first-order valence-corrected chi connectivity index (χ1v) is 8.46. The normalized spacial score (nSPS) is 15.9. The summed E-state index contributed by atoms with van der Waals surface area (Å²) in [7, 11) is 1.53. The topological polar surface area (TPSA) is 102 Å². The van der Waals surface area contributed by atoms with Crippen molar-refractivity contribution in [3.05, 3.63) is 42.0 Å². The molecule has 27 heavy (non-hydrogen) atoms. The summed E-state index contributed by atoms with van der Waals surface area (Å²) in [5.41, 5.74) is 5.71. The van der Waals surface area contributed by atoms with E-state index in [9.17, 15) is 14.4 Å². The van der Waals surface area contributed by atoms with E-state index in [1.165, 1.54) is 12.0 Å². The molecule has 3 amide bonds. The minimum Gasteiger partial charge on any atom is -0.496 e. The van der Waals surface area contributed by atoms with Crippen LogP contribution in [0.5, 0.6) is 5.75 Å². The fraction of sp³-hybridized carbons (Fsp3) is 0.316. The number of hydrogen-bond donors (Lipinski definition) is 2. The zero-order valence-corrected chi connectivity index (χ0v) is 15.8. The molecule has 7 nitrogen and oxygen atoms in total. The van der Waals surface area contributed by atoms with Crippen molar-refractivity contribution in [2.75, 3.05) is 20.2 Å². The Morgan fingerprint density at radius 3 is 2.70 bits per heavy atom. The van der Waals surface area contributed by atoms with Gasteiger partial charge in [-0.05, 0) is 30.4 Å². The lowest BCUT2D eigenvalue weighted by atomic mass is 10.1. The van der Waals surface area contributed by atoms with Gasteiger partial charge in [0, 0.05) is 17.5 Å². The molecule has 2 aromatic rings. The van der Waals surface area contributed by atoms with Crippen LogP contribution in [-0.4, -0.2) is 48.9 Å². The molecular formula is C19H22ClN3O4. The number of halogens is 1. The summed E-state index contributed by atoms with van der Waals surface area (Å²) in [6, 6.07) is 10.2. The van der Waals surface area contributed by atoms with Gasteiger partial charge in [0.05, 0.1) is 13.7 Å². The first kappa shape index (κ1) is 20.7. The number of carbonyl (C=O) groups excluding carboxylic acids is 3. The number of nitrogens with one attached hydrogen (secondary N) is 1. The molecule has 1 saturated heterocycles. The molecular weight excluding hydrogens is 370 g/mol. The van der Waals surface area contributed by atoms with Gasteiger partial charge in [0.2, 0.25) is 11.8 Å². The fourth-order valence-electron chi connectivity index (χ4n) is 3.30. The highest BCUT2D eigenvalue weighted by Gasteiger charge is 2.34. The summed E-state index contributed by atoms with van der Waals surface area (Å²) >= 11 is 0. The van der Waals surface area contributed by atoms with E-state index in [4.69, 9.17) is 10.5 Å². The number of rotatable bonds is 4. The number of nitrogens with two attached hydrogens (primary N) is 1. The molecule has 1 atom stereocenters. The summed E-state index contributed by atoms with van der Waals surface area (Å²) in [5, 5.41) is 4.12. The molecule has 1 fully saturated rings. The highest BCUT2D eigenvalue weighted by molar-refractivity contribution is 6.09. The van der Waals surface area contributed by atoms with Crippen molar-refractivity contribution in [2.45, 2.75) is 18.9 Å². The van der Waals surface area contributed by atoms with Crippen LogP contribution in [0.4, 0.5) is 0 Å². The van der Waals surface area contributed by atoms with Crippen LogP contribution in [0, 0.1) is 0 Å². The number of nitrogens with zero attached hydrogens (tertiary/aromatic N) is 1. The number of imide groups is 1. The molecule has 2 aromatic carbocycles. The number of benzene rings is 2. The van der Waals surface area contributed by atoms with Crippen LogP contribution in [-0.2, 0) is 9.59 Å². The van der Waals surface area contributed by atoms with E-state index >= 15 is 0 Å². The van der Waals surface area contributed by atoms with Crippen molar-refractivity contribution in [3.8, 4) is 5.75 Å². The lowest BCUT2D eigenvalue weighted by molar-refractivity contribution is -0.137. The van der Waals surface area contributed by atoms with Gasteiger partial charge in [0.15, 0.2) is 0 Å². The molecule has 8 heteroatoms. The third kappa shape index (κ3) is 4.20. The summed E-state index contributed by atoms with van der Waals surface area (Å²) in [4.78, 5) is 38.3. The van der Waals surface area contributed by atoms with Gasteiger partial charge in [-0.1, -0.05) is 24.3 Å². The molecule has 1 heterocycles. The van der Waals surface area contributed by atoms with Crippen molar-refractivity contribution >= 4 is 40.9 Å². The molecule has 144 valence electrons. The Morgan fingerprint density at radius 2 is 2.00 bits per heavy atom. The molecule has 1 aliphatic rings. The van der Waals surface area contributed by atoms with Crippen LogP contribution in [0.25, 0.3) is 10.8 Å². The summed E-state index contributed by atoms with van der Waals surface area (Å²) in [5.74, 6) is -0.739. The highest BCUT2D eigenvalue weighted by Crippen LogP contribution is 2.27. The Labute approximate surface area is 163 Å². The first-order valence-electron chi connectivity index (χ1n) is 8.46. The van der Waals surface area contributed by atoms with E-state index in [1.54, 1.807) is 12.1 Å². The summed E-state index contributed by atoms with van der Waals surface area (Å²) < 4.78 is 5.35. The molecule has 1 aliphatic heterocycles. The Hall–Kier alpha value is -2.64. The maximum absolute atomic E-state index is 12.6.